The molecule has 1 fully saturated rings. The summed E-state index contributed by atoms with van der Waals surface area (Å²) in [5, 5.41) is 0. The van der Waals surface area contributed by atoms with Crippen LogP contribution in [0.2, 0.25) is 0 Å². The monoisotopic (exact) mass is 586 g/mol. The van der Waals surface area contributed by atoms with Gasteiger partial charge in [-0.2, -0.15) is 34.8 Å². The molecular formula is C25H29F7N2O4S. The Bertz CT molecular complexity index is 1170. The molecule has 2 aliphatic rings. The number of fused-ring (bicyclic) bond motifs is 1. The van der Waals surface area contributed by atoms with E-state index in [0.29, 0.717) is 17.7 Å². The summed E-state index contributed by atoms with van der Waals surface area (Å²) < 4.78 is 118. The molecule has 0 aliphatic carbocycles. The maximum Gasteiger partial charge on any atom is 0.534 e. The molecule has 6 nitrogen and oxygen atoms in total. The second-order valence-electron chi connectivity index (χ2n) is 9.43. The Balaban J connectivity index is 0.000000239. The van der Waals surface area contributed by atoms with Gasteiger partial charge in [0.2, 0.25) is 0 Å². The van der Waals surface area contributed by atoms with Gasteiger partial charge in [-0.3, -0.25) is 14.2 Å². The maximum absolute atomic E-state index is 12.5. The standard InChI is InChI=1S/C13H13F6NO3S.C12H16FNO/c1-8-4-10-5-11(23-24(21,22)13(17,18)19)3-2-9(10)6-20(8)7-12(14,15)16;13-8-11-9-14(10-11)6-7-15-12-4-2-1-3-5-12/h2-3,5,8H,4,6-7H2,1H3;1-5,11H,6-10H2/t8-;/m1./s1. The van der Waals surface area contributed by atoms with Gasteiger partial charge in [-0.25, -0.2) is 0 Å². The first-order chi connectivity index (χ1) is 18.2. The number of nitrogens with zero attached hydrogens (tertiary/aromatic N) is 2. The molecule has 1 saturated heterocycles. The molecule has 0 unspecified atom stereocenters. The van der Waals surface area contributed by atoms with Gasteiger partial charge in [-0.05, 0) is 48.7 Å². The molecule has 2 aromatic carbocycles. The van der Waals surface area contributed by atoms with E-state index in [-0.39, 0.29) is 25.6 Å². The van der Waals surface area contributed by atoms with Gasteiger partial charge in [0.15, 0.2) is 0 Å². The summed E-state index contributed by atoms with van der Waals surface area (Å²) in [6.45, 7) is 3.57. The lowest BCUT2D eigenvalue weighted by Crippen LogP contribution is -2.49. The lowest BCUT2D eigenvalue weighted by atomic mass is 9.94. The van der Waals surface area contributed by atoms with E-state index in [0.717, 1.165) is 37.5 Å². The SMILES string of the molecule is C[C@@H]1Cc2cc(OS(=O)(=O)C(F)(F)F)ccc2CN1CC(F)(F)F.FCC1CN(CCOc2ccccc2)C1. The lowest BCUT2D eigenvalue weighted by Gasteiger charge is -2.37. The lowest BCUT2D eigenvalue weighted by molar-refractivity contribution is -0.152. The molecule has 2 aliphatic heterocycles. The van der Waals surface area contributed by atoms with Crippen molar-refractivity contribution in [3.05, 3.63) is 59.7 Å². The number of halogens is 7. The van der Waals surface area contributed by atoms with Crippen molar-refractivity contribution in [2.45, 2.75) is 37.6 Å². The summed E-state index contributed by atoms with van der Waals surface area (Å²) in [6, 6.07) is 12.6. The van der Waals surface area contributed by atoms with Crippen molar-refractivity contribution in [2.24, 2.45) is 5.92 Å². The largest absolute Gasteiger partial charge is 0.534 e. The number of benzene rings is 2. The van der Waals surface area contributed by atoms with Gasteiger partial charge in [-0.1, -0.05) is 24.3 Å². The molecule has 0 saturated carbocycles. The van der Waals surface area contributed by atoms with Crippen molar-refractivity contribution >= 4 is 10.1 Å². The topological polar surface area (TPSA) is 59.1 Å². The van der Waals surface area contributed by atoms with Crippen LogP contribution in [-0.2, 0) is 23.1 Å². The first-order valence-corrected chi connectivity index (χ1v) is 13.5. The second kappa shape index (κ2) is 12.7. The molecule has 0 amide bonds. The van der Waals surface area contributed by atoms with Crippen molar-refractivity contribution in [3.63, 3.8) is 0 Å². The molecule has 2 aromatic rings. The van der Waals surface area contributed by atoms with Gasteiger partial charge in [0.25, 0.3) is 0 Å². The van der Waals surface area contributed by atoms with Crippen molar-refractivity contribution in [1.82, 2.24) is 9.80 Å². The highest BCUT2D eigenvalue weighted by Gasteiger charge is 2.48. The number of hydrogen-bond donors (Lipinski definition) is 0. The zero-order chi connectivity index (χ0) is 28.8. The fourth-order valence-corrected chi connectivity index (χ4v) is 4.65. The average Bonchev–Trinajstić information content (AvgIpc) is 2.80. The third kappa shape index (κ3) is 9.24. The molecule has 0 bridgehead atoms. The van der Waals surface area contributed by atoms with Gasteiger partial charge >= 0.3 is 21.8 Å². The van der Waals surface area contributed by atoms with Crippen molar-refractivity contribution in [1.29, 1.82) is 0 Å². The van der Waals surface area contributed by atoms with E-state index in [1.165, 1.54) is 11.0 Å². The number of ether oxygens (including phenoxy) is 1. The third-order valence-electron chi connectivity index (χ3n) is 6.23. The minimum Gasteiger partial charge on any atom is -0.492 e. The zero-order valence-corrected chi connectivity index (χ0v) is 21.8. The van der Waals surface area contributed by atoms with E-state index < -0.39 is 40.1 Å². The summed E-state index contributed by atoms with van der Waals surface area (Å²) in [5.41, 5.74) is -4.62. The fraction of sp³-hybridized carbons (Fsp3) is 0.520. The van der Waals surface area contributed by atoms with Crippen molar-refractivity contribution in [2.75, 3.05) is 39.5 Å². The molecule has 14 heteroatoms. The molecule has 0 radical (unpaired) electrons. The van der Waals surface area contributed by atoms with Crippen molar-refractivity contribution in [3.8, 4) is 11.5 Å². The van der Waals surface area contributed by atoms with Gasteiger partial charge in [0.1, 0.15) is 18.1 Å². The molecular weight excluding hydrogens is 557 g/mol. The number of rotatable bonds is 8. The van der Waals surface area contributed by atoms with Gasteiger partial charge in [0.05, 0.1) is 13.2 Å². The van der Waals surface area contributed by atoms with Crippen LogP contribution in [-0.4, -0.2) is 75.4 Å². The molecule has 0 spiro atoms. The highest BCUT2D eigenvalue weighted by molar-refractivity contribution is 7.88. The van der Waals surface area contributed by atoms with Gasteiger partial charge in [0, 0.05) is 38.1 Å². The highest BCUT2D eigenvalue weighted by Crippen LogP contribution is 2.32. The number of alkyl halides is 7. The van der Waals surface area contributed by atoms with E-state index >= 15 is 0 Å². The highest BCUT2D eigenvalue weighted by atomic mass is 32.2. The normalized spacial score (nSPS) is 18.9. The molecule has 1 atom stereocenters. The van der Waals surface area contributed by atoms with E-state index in [1.54, 1.807) is 6.92 Å². The number of para-hydroxylation sites is 1. The van der Waals surface area contributed by atoms with Crippen LogP contribution in [0.3, 0.4) is 0 Å². The number of likely N-dealkylation sites (tertiary alicyclic amines) is 1. The average molecular weight is 587 g/mol. The molecule has 0 N–H and O–H groups in total. The quantitative estimate of drug-likeness (QED) is 0.241. The van der Waals surface area contributed by atoms with Crippen LogP contribution in [0.1, 0.15) is 18.1 Å². The second-order valence-corrected chi connectivity index (χ2v) is 11.0. The minimum absolute atomic E-state index is 0.0394. The van der Waals surface area contributed by atoms with Crippen LogP contribution in [0.4, 0.5) is 30.7 Å². The predicted molar refractivity (Wildman–Crippen MR) is 130 cm³/mol. The van der Waals surface area contributed by atoms with Crippen LogP contribution in [0.5, 0.6) is 11.5 Å². The molecule has 2 heterocycles. The smallest absolute Gasteiger partial charge is 0.492 e. The molecule has 39 heavy (non-hydrogen) atoms. The van der Waals surface area contributed by atoms with Crippen LogP contribution < -0.4 is 8.92 Å². The zero-order valence-electron chi connectivity index (χ0n) is 21.0. The Morgan fingerprint density at radius 2 is 1.62 bits per heavy atom. The molecule has 218 valence electrons. The molecule has 0 aromatic heterocycles. The summed E-state index contributed by atoms with van der Waals surface area (Å²) in [5.74, 6) is 0.643. The first-order valence-electron chi connectivity index (χ1n) is 12.1. The van der Waals surface area contributed by atoms with Crippen LogP contribution in [0.25, 0.3) is 0 Å². The summed E-state index contributed by atoms with van der Waals surface area (Å²) in [6.07, 6.45) is -4.23. The van der Waals surface area contributed by atoms with E-state index in [1.807, 2.05) is 30.3 Å². The summed E-state index contributed by atoms with van der Waals surface area (Å²) >= 11 is 0. The Labute approximate surface area is 222 Å². The maximum atomic E-state index is 12.5. The van der Waals surface area contributed by atoms with E-state index in [9.17, 15) is 39.2 Å². The first kappa shape index (κ1) is 31.0. The summed E-state index contributed by atoms with van der Waals surface area (Å²) in [4.78, 5) is 3.41. The Hall–Kier alpha value is -2.58. The van der Waals surface area contributed by atoms with Gasteiger partial charge in [-0.15, -0.1) is 0 Å². The predicted octanol–water partition coefficient (Wildman–Crippen LogP) is 5.19. The van der Waals surface area contributed by atoms with Gasteiger partial charge < -0.3 is 8.92 Å². The number of hydrogen-bond acceptors (Lipinski definition) is 6. The summed E-state index contributed by atoms with van der Waals surface area (Å²) in [7, 11) is -5.78. The Morgan fingerprint density at radius 3 is 2.21 bits per heavy atom. The van der Waals surface area contributed by atoms with Crippen LogP contribution >= 0.6 is 0 Å². The minimum atomic E-state index is -5.78. The Morgan fingerprint density at radius 1 is 0.949 bits per heavy atom. The van der Waals surface area contributed by atoms with Crippen LogP contribution in [0.15, 0.2) is 48.5 Å². The fourth-order valence-electron chi connectivity index (χ4n) is 4.20. The van der Waals surface area contributed by atoms with Crippen molar-refractivity contribution < 1.29 is 48.1 Å². The third-order valence-corrected chi connectivity index (χ3v) is 7.21. The van der Waals surface area contributed by atoms with Crippen LogP contribution in [0, 0.1) is 5.92 Å². The van der Waals surface area contributed by atoms with E-state index in [4.69, 9.17) is 4.74 Å². The Kier molecular flexibility index (Phi) is 10.1. The molecule has 4 rings (SSSR count). The van der Waals surface area contributed by atoms with E-state index in [2.05, 4.69) is 9.08 Å².